The summed E-state index contributed by atoms with van der Waals surface area (Å²) in [7, 11) is -3.41. The molecule has 0 atom stereocenters. The summed E-state index contributed by atoms with van der Waals surface area (Å²) >= 11 is 7.34. The summed E-state index contributed by atoms with van der Waals surface area (Å²) in [5.74, 6) is -0.0675. The van der Waals surface area contributed by atoms with Gasteiger partial charge >= 0.3 is 0 Å². The number of likely N-dealkylation sites (tertiary alicyclic amines) is 1. The molecule has 1 saturated heterocycles. The Hall–Kier alpha value is -2.16. The largest absolute Gasteiger partial charge is 0.467 e. The number of hydrogen-bond donors (Lipinski definition) is 0. The van der Waals surface area contributed by atoms with Gasteiger partial charge in [0.1, 0.15) is 6.10 Å². The second-order valence-electron chi connectivity index (χ2n) is 7.52. The highest BCUT2D eigenvalue weighted by molar-refractivity contribution is 7.91. The van der Waals surface area contributed by atoms with Crippen LogP contribution in [0, 0.1) is 0 Å². The van der Waals surface area contributed by atoms with E-state index in [0.717, 1.165) is 23.1 Å². The summed E-state index contributed by atoms with van der Waals surface area (Å²) in [4.78, 5) is 19.0. The molecule has 1 aliphatic rings. The number of hydrogen-bond acceptors (Lipinski definition) is 6. The van der Waals surface area contributed by atoms with Gasteiger partial charge in [0.05, 0.1) is 20.9 Å². The van der Waals surface area contributed by atoms with Crippen molar-refractivity contribution in [3.8, 4) is 5.19 Å². The van der Waals surface area contributed by atoms with Gasteiger partial charge in [0.25, 0.3) is 5.19 Å². The number of benzene rings is 2. The number of aromatic nitrogens is 1. The molecule has 9 heteroatoms. The number of nitrogens with zero attached hydrogens (tertiary/aromatic N) is 2. The summed E-state index contributed by atoms with van der Waals surface area (Å²) in [6.45, 7) is 1.22. The number of para-hydroxylation sites is 1. The molecule has 0 radical (unpaired) electrons. The fourth-order valence-electron chi connectivity index (χ4n) is 3.60. The van der Waals surface area contributed by atoms with Crippen LogP contribution in [0.25, 0.3) is 10.2 Å². The number of fused-ring (bicyclic) bond motifs is 1. The van der Waals surface area contributed by atoms with Gasteiger partial charge in [-0.3, -0.25) is 4.79 Å². The van der Waals surface area contributed by atoms with Crippen LogP contribution in [0.1, 0.15) is 25.7 Å². The molecule has 4 rings (SSSR count). The summed E-state index contributed by atoms with van der Waals surface area (Å²) < 4.78 is 31.9. The van der Waals surface area contributed by atoms with E-state index in [0.29, 0.717) is 29.7 Å². The Balaban J connectivity index is 1.22. The first-order valence-corrected chi connectivity index (χ1v) is 13.0. The van der Waals surface area contributed by atoms with Gasteiger partial charge in [-0.1, -0.05) is 35.1 Å². The smallest absolute Gasteiger partial charge is 0.274 e. The number of thiazole rings is 1. The normalized spacial score (nSPS) is 15.3. The lowest BCUT2D eigenvalue weighted by Crippen LogP contribution is -2.41. The van der Waals surface area contributed by atoms with E-state index in [4.69, 9.17) is 16.3 Å². The highest BCUT2D eigenvalue weighted by atomic mass is 35.5. The molecule has 3 aromatic rings. The van der Waals surface area contributed by atoms with Crippen molar-refractivity contribution in [1.82, 2.24) is 9.88 Å². The lowest BCUT2D eigenvalue weighted by atomic mass is 10.1. The Labute approximate surface area is 190 Å². The van der Waals surface area contributed by atoms with Crippen molar-refractivity contribution in [1.29, 1.82) is 0 Å². The Morgan fingerprint density at radius 2 is 1.84 bits per heavy atom. The second-order valence-corrected chi connectivity index (χ2v) is 11.1. The van der Waals surface area contributed by atoms with Crippen molar-refractivity contribution in [3.63, 3.8) is 0 Å². The molecule has 0 saturated carbocycles. The fraction of sp³-hybridized carbons (Fsp3) is 0.364. The average molecular weight is 479 g/mol. The van der Waals surface area contributed by atoms with Gasteiger partial charge in [0.2, 0.25) is 5.91 Å². The lowest BCUT2D eigenvalue weighted by molar-refractivity contribution is -0.133. The van der Waals surface area contributed by atoms with E-state index in [1.165, 1.54) is 23.5 Å². The molecule has 1 aliphatic heterocycles. The molecule has 164 valence electrons. The number of halogens is 1. The van der Waals surface area contributed by atoms with Crippen molar-refractivity contribution < 1.29 is 17.9 Å². The summed E-state index contributed by atoms with van der Waals surface area (Å²) in [6.07, 6.45) is 2.03. The molecule has 0 N–H and O–H groups in total. The molecular weight excluding hydrogens is 456 g/mol. The van der Waals surface area contributed by atoms with Crippen LogP contribution < -0.4 is 4.74 Å². The first kappa shape index (κ1) is 22.0. The van der Waals surface area contributed by atoms with Crippen LogP contribution >= 0.6 is 22.9 Å². The number of amides is 1. The van der Waals surface area contributed by atoms with Gasteiger partial charge in [-0.05, 0) is 42.8 Å². The monoisotopic (exact) mass is 478 g/mol. The maximum Gasteiger partial charge on any atom is 0.274 e. The Bertz CT molecular complexity index is 1120. The molecule has 1 fully saturated rings. The minimum absolute atomic E-state index is 0.00950. The third-order valence-electron chi connectivity index (χ3n) is 5.31. The second kappa shape index (κ2) is 9.54. The van der Waals surface area contributed by atoms with Crippen LogP contribution in [0.4, 0.5) is 0 Å². The average Bonchev–Trinajstić information content (AvgIpc) is 3.16. The Morgan fingerprint density at radius 3 is 2.55 bits per heavy atom. The first-order valence-electron chi connectivity index (χ1n) is 10.2. The maximum absolute atomic E-state index is 12.5. The van der Waals surface area contributed by atoms with Crippen molar-refractivity contribution in [2.45, 2.75) is 36.7 Å². The molecule has 1 amide bonds. The third kappa shape index (κ3) is 5.56. The van der Waals surface area contributed by atoms with Gasteiger partial charge in [0.15, 0.2) is 9.84 Å². The zero-order chi connectivity index (χ0) is 21.8. The third-order valence-corrected chi connectivity index (χ3v) is 8.31. The number of ether oxygens (including phenoxy) is 1. The summed E-state index contributed by atoms with van der Waals surface area (Å²) in [5.41, 5.74) is 0.934. The molecule has 1 aromatic heterocycles. The predicted octanol–water partition coefficient (Wildman–Crippen LogP) is 4.57. The molecule has 0 bridgehead atoms. The number of rotatable bonds is 7. The molecule has 31 heavy (non-hydrogen) atoms. The number of piperidine rings is 1. The van der Waals surface area contributed by atoms with Gasteiger partial charge in [-0.15, -0.1) is 0 Å². The zero-order valence-electron chi connectivity index (χ0n) is 16.9. The Kier molecular flexibility index (Phi) is 6.79. The fourth-order valence-corrected chi connectivity index (χ4v) is 5.92. The van der Waals surface area contributed by atoms with E-state index in [9.17, 15) is 13.2 Å². The van der Waals surface area contributed by atoms with Crippen LogP contribution in [0.3, 0.4) is 0 Å². The van der Waals surface area contributed by atoms with Gasteiger partial charge in [-0.2, -0.15) is 0 Å². The van der Waals surface area contributed by atoms with Crippen LogP contribution in [-0.4, -0.2) is 49.2 Å². The van der Waals surface area contributed by atoms with Crippen LogP contribution in [-0.2, 0) is 14.6 Å². The van der Waals surface area contributed by atoms with E-state index in [1.807, 2.05) is 24.3 Å². The molecule has 0 aliphatic carbocycles. The minimum Gasteiger partial charge on any atom is -0.467 e. The first-order chi connectivity index (χ1) is 14.9. The van der Waals surface area contributed by atoms with E-state index in [2.05, 4.69) is 4.98 Å². The van der Waals surface area contributed by atoms with Gasteiger partial charge in [0, 0.05) is 37.4 Å². The van der Waals surface area contributed by atoms with Crippen molar-refractivity contribution >= 4 is 48.9 Å². The molecule has 2 heterocycles. The quantitative estimate of drug-likeness (QED) is 0.497. The molecular formula is C22H23ClN2O4S2. The van der Waals surface area contributed by atoms with Crippen LogP contribution in [0.5, 0.6) is 5.19 Å². The van der Waals surface area contributed by atoms with E-state index < -0.39 is 9.84 Å². The number of carbonyl (C=O) groups excluding carboxylic acids is 1. The van der Waals surface area contributed by atoms with Gasteiger partial charge < -0.3 is 9.64 Å². The highest BCUT2D eigenvalue weighted by Gasteiger charge is 2.25. The maximum atomic E-state index is 12.5. The highest BCUT2D eigenvalue weighted by Crippen LogP contribution is 2.29. The van der Waals surface area contributed by atoms with Crippen molar-refractivity contribution in [2.24, 2.45) is 0 Å². The SMILES string of the molecule is O=C(CCCS(=O)(=O)c1ccc(Cl)cc1)N1CCC(Oc2nc3ccccc3s2)CC1. The van der Waals surface area contributed by atoms with Crippen molar-refractivity contribution in [3.05, 3.63) is 53.6 Å². The minimum atomic E-state index is -3.41. The van der Waals surface area contributed by atoms with E-state index in [1.54, 1.807) is 17.0 Å². The Morgan fingerprint density at radius 1 is 1.13 bits per heavy atom. The molecule has 6 nitrogen and oxygen atoms in total. The van der Waals surface area contributed by atoms with E-state index in [-0.39, 0.29) is 29.1 Å². The standard InChI is InChI=1S/C22H23ClN2O4S2/c23-16-7-9-18(10-8-16)31(27,28)15-3-6-21(26)25-13-11-17(12-14-25)29-22-24-19-4-1-2-5-20(19)30-22/h1-2,4-5,7-10,17H,3,6,11-15H2. The topological polar surface area (TPSA) is 76.6 Å². The molecule has 0 spiro atoms. The zero-order valence-corrected chi connectivity index (χ0v) is 19.3. The lowest BCUT2D eigenvalue weighted by Gasteiger charge is -2.31. The van der Waals surface area contributed by atoms with Gasteiger partial charge in [-0.25, -0.2) is 13.4 Å². The summed E-state index contributed by atoms with van der Waals surface area (Å²) in [6, 6.07) is 14.0. The van der Waals surface area contributed by atoms with Crippen LogP contribution in [0.15, 0.2) is 53.4 Å². The molecule has 0 unspecified atom stereocenters. The van der Waals surface area contributed by atoms with E-state index >= 15 is 0 Å². The van der Waals surface area contributed by atoms with Crippen LogP contribution in [0.2, 0.25) is 5.02 Å². The number of sulfone groups is 1. The molecule has 2 aromatic carbocycles. The van der Waals surface area contributed by atoms with Crippen molar-refractivity contribution in [2.75, 3.05) is 18.8 Å². The predicted molar refractivity (Wildman–Crippen MR) is 123 cm³/mol. The number of carbonyl (C=O) groups is 1. The summed E-state index contributed by atoms with van der Waals surface area (Å²) in [5, 5.41) is 1.16.